The number of hydrogen-bond donors (Lipinski definition) is 0. The van der Waals surface area contributed by atoms with Gasteiger partial charge in [-0.3, -0.25) is 4.79 Å². The fourth-order valence-electron chi connectivity index (χ4n) is 2.47. The van der Waals surface area contributed by atoms with Crippen LogP contribution in [-0.2, 0) is 19.1 Å². The van der Waals surface area contributed by atoms with E-state index in [1.165, 1.54) is 12.8 Å². The van der Waals surface area contributed by atoms with Gasteiger partial charge < -0.3 is 9.47 Å². The van der Waals surface area contributed by atoms with E-state index in [4.69, 9.17) is 9.47 Å². The lowest BCUT2D eigenvalue weighted by Gasteiger charge is -2.13. The SMILES string of the molecule is CCCCCC[C@@H]1OC(=O)[C@@H]2OC(=O)C[C@H]12. The second kappa shape index (κ2) is 4.85. The van der Waals surface area contributed by atoms with Crippen molar-refractivity contribution >= 4 is 11.9 Å². The minimum Gasteiger partial charge on any atom is -0.459 e. The van der Waals surface area contributed by atoms with E-state index in [0.29, 0.717) is 6.42 Å². The fourth-order valence-corrected chi connectivity index (χ4v) is 2.47. The van der Waals surface area contributed by atoms with Gasteiger partial charge in [0.2, 0.25) is 6.10 Å². The van der Waals surface area contributed by atoms with Crippen molar-refractivity contribution in [1.82, 2.24) is 0 Å². The van der Waals surface area contributed by atoms with Crippen molar-refractivity contribution in [3.8, 4) is 0 Å². The van der Waals surface area contributed by atoms with Crippen LogP contribution in [0.3, 0.4) is 0 Å². The smallest absolute Gasteiger partial charge is 0.348 e. The maximum atomic E-state index is 11.4. The molecule has 0 aromatic rings. The molecule has 0 saturated carbocycles. The first-order valence-electron chi connectivity index (χ1n) is 6.12. The van der Waals surface area contributed by atoms with Gasteiger partial charge in [-0.25, -0.2) is 4.79 Å². The number of rotatable bonds is 5. The second-order valence-corrected chi connectivity index (χ2v) is 4.60. The van der Waals surface area contributed by atoms with Crippen LogP contribution in [0.25, 0.3) is 0 Å². The first-order valence-corrected chi connectivity index (χ1v) is 6.12. The molecule has 4 heteroatoms. The zero-order valence-electron chi connectivity index (χ0n) is 9.61. The molecule has 2 aliphatic rings. The van der Waals surface area contributed by atoms with E-state index in [0.717, 1.165) is 19.3 Å². The molecule has 0 amide bonds. The van der Waals surface area contributed by atoms with Gasteiger partial charge in [-0.15, -0.1) is 0 Å². The average Bonchev–Trinajstić information content (AvgIpc) is 2.75. The normalized spacial score (nSPS) is 32.4. The minimum atomic E-state index is -0.608. The zero-order chi connectivity index (χ0) is 11.5. The monoisotopic (exact) mass is 226 g/mol. The van der Waals surface area contributed by atoms with Gasteiger partial charge in [0.1, 0.15) is 6.10 Å². The molecule has 0 aromatic heterocycles. The number of ether oxygens (including phenoxy) is 2. The van der Waals surface area contributed by atoms with Crippen LogP contribution >= 0.6 is 0 Å². The molecule has 90 valence electrons. The summed E-state index contributed by atoms with van der Waals surface area (Å²) in [5.41, 5.74) is 0. The summed E-state index contributed by atoms with van der Waals surface area (Å²) in [7, 11) is 0. The minimum absolute atomic E-state index is 0.0263. The Kier molecular flexibility index (Phi) is 3.46. The second-order valence-electron chi connectivity index (χ2n) is 4.60. The van der Waals surface area contributed by atoms with Gasteiger partial charge in [-0.1, -0.05) is 26.2 Å². The molecule has 16 heavy (non-hydrogen) atoms. The van der Waals surface area contributed by atoms with E-state index in [9.17, 15) is 9.59 Å². The predicted octanol–water partition coefficient (Wildman–Crippen LogP) is 1.81. The van der Waals surface area contributed by atoms with Crippen LogP contribution in [0.2, 0.25) is 0 Å². The van der Waals surface area contributed by atoms with Crippen LogP contribution < -0.4 is 0 Å². The lowest BCUT2D eigenvalue weighted by molar-refractivity contribution is -0.158. The number of hydrogen-bond acceptors (Lipinski definition) is 4. The first kappa shape index (κ1) is 11.4. The van der Waals surface area contributed by atoms with Crippen molar-refractivity contribution in [1.29, 1.82) is 0 Å². The average molecular weight is 226 g/mol. The summed E-state index contributed by atoms with van der Waals surface area (Å²) in [6, 6.07) is 0. The Morgan fingerprint density at radius 3 is 2.75 bits per heavy atom. The van der Waals surface area contributed by atoms with Crippen LogP contribution in [0.1, 0.15) is 45.4 Å². The topological polar surface area (TPSA) is 52.6 Å². The molecule has 0 bridgehead atoms. The number of cyclic esters (lactones) is 1. The standard InChI is InChI=1S/C12H18O4/c1-2-3-4-5-6-9-8-7-10(13)16-11(8)12(14)15-9/h8-9,11H,2-7H2,1H3/t8-,9+,11-/m1/s1. The molecule has 0 radical (unpaired) electrons. The van der Waals surface area contributed by atoms with E-state index in [-0.39, 0.29) is 24.0 Å². The Bertz CT molecular complexity index is 287. The Morgan fingerprint density at radius 1 is 1.19 bits per heavy atom. The molecule has 4 nitrogen and oxygen atoms in total. The Hall–Kier alpha value is -1.06. The third kappa shape index (κ3) is 2.20. The molecule has 0 aromatic carbocycles. The van der Waals surface area contributed by atoms with Gasteiger partial charge in [-0.2, -0.15) is 0 Å². The van der Waals surface area contributed by atoms with Gasteiger partial charge in [0.05, 0.1) is 12.3 Å². The number of esters is 2. The van der Waals surface area contributed by atoms with E-state index in [1.54, 1.807) is 0 Å². The summed E-state index contributed by atoms with van der Waals surface area (Å²) in [6.45, 7) is 2.16. The molecule has 0 N–H and O–H groups in total. The largest absolute Gasteiger partial charge is 0.459 e. The van der Waals surface area contributed by atoms with Crippen LogP contribution in [0.15, 0.2) is 0 Å². The molecule has 0 unspecified atom stereocenters. The first-order chi connectivity index (χ1) is 7.72. The summed E-state index contributed by atoms with van der Waals surface area (Å²) >= 11 is 0. The lowest BCUT2D eigenvalue weighted by Crippen LogP contribution is -2.20. The van der Waals surface area contributed by atoms with Gasteiger partial charge in [-0.05, 0) is 12.8 Å². The van der Waals surface area contributed by atoms with Crippen molar-refractivity contribution in [3.63, 3.8) is 0 Å². The van der Waals surface area contributed by atoms with Crippen molar-refractivity contribution in [3.05, 3.63) is 0 Å². The molecule has 2 rings (SSSR count). The van der Waals surface area contributed by atoms with Crippen LogP contribution in [0.5, 0.6) is 0 Å². The van der Waals surface area contributed by atoms with E-state index in [1.807, 2.05) is 0 Å². The number of carbonyl (C=O) groups is 2. The van der Waals surface area contributed by atoms with Crippen LogP contribution in [-0.4, -0.2) is 24.1 Å². The van der Waals surface area contributed by atoms with Gasteiger partial charge in [0.25, 0.3) is 0 Å². The fraction of sp³-hybridized carbons (Fsp3) is 0.833. The molecule has 3 atom stereocenters. The molecule has 0 spiro atoms. The molecule has 2 heterocycles. The molecule has 0 aliphatic carbocycles. The molecule has 2 saturated heterocycles. The molecular weight excluding hydrogens is 208 g/mol. The van der Waals surface area contributed by atoms with Crippen molar-refractivity contribution in [2.45, 2.75) is 57.7 Å². The zero-order valence-corrected chi connectivity index (χ0v) is 9.61. The van der Waals surface area contributed by atoms with E-state index in [2.05, 4.69) is 6.92 Å². The highest BCUT2D eigenvalue weighted by atomic mass is 16.6. The maximum absolute atomic E-state index is 11.4. The highest BCUT2D eigenvalue weighted by Gasteiger charge is 2.52. The molecule has 2 fully saturated rings. The lowest BCUT2D eigenvalue weighted by atomic mass is 9.93. The molecule has 2 aliphatic heterocycles. The van der Waals surface area contributed by atoms with E-state index < -0.39 is 6.10 Å². The van der Waals surface area contributed by atoms with Crippen LogP contribution in [0, 0.1) is 5.92 Å². The highest BCUT2D eigenvalue weighted by molar-refractivity contribution is 5.85. The van der Waals surface area contributed by atoms with Gasteiger partial charge in [0, 0.05) is 0 Å². The van der Waals surface area contributed by atoms with Crippen molar-refractivity contribution in [2.24, 2.45) is 5.92 Å². The Balaban J connectivity index is 1.82. The number of fused-ring (bicyclic) bond motifs is 1. The maximum Gasteiger partial charge on any atom is 0.348 e. The number of unbranched alkanes of at least 4 members (excludes halogenated alkanes) is 3. The highest BCUT2D eigenvalue weighted by Crippen LogP contribution is 2.36. The third-order valence-corrected chi connectivity index (χ3v) is 3.37. The summed E-state index contributed by atoms with van der Waals surface area (Å²) in [6.07, 6.45) is 5.13. The molecular formula is C12H18O4. The Morgan fingerprint density at radius 2 is 2.00 bits per heavy atom. The summed E-state index contributed by atoms with van der Waals surface area (Å²) in [4.78, 5) is 22.5. The quantitative estimate of drug-likeness (QED) is 0.530. The summed E-state index contributed by atoms with van der Waals surface area (Å²) < 4.78 is 10.2. The third-order valence-electron chi connectivity index (χ3n) is 3.37. The Labute approximate surface area is 95.3 Å². The number of carbonyl (C=O) groups excluding carboxylic acids is 2. The van der Waals surface area contributed by atoms with Crippen molar-refractivity contribution < 1.29 is 19.1 Å². The van der Waals surface area contributed by atoms with Crippen LogP contribution in [0.4, 0.5) is 0 Å². The van der Waals surface area contributed by atoms with Gasteiger partial charge >= 0.3 is 11.9 Å². The van der Waals surface area contributed by atoms with E-state index >= 15 is 0 Å². The van der Waals surface area contributed by atoms with Gasteiger partial charge in [0.15, 0.2) is 0 Å². The summed E-state index contributed by atoms with van der Waals surface area (Å²) in [5.74, 6) is -0.636. The van der Waals surface area contributed by atoms with Crippen molar-refractivity contribution in [2.75, 3.05) is 0 Å². The predicted molar refractivity (Wildman–Crippen MR) is 56.6 cm³/mol. The summed E-state index contributed by atoms with van der Waals surface area (Å²) in [5, 5.41) is 0.